The van der Waals surface area contributed by atoms with E-state index in [1.54, 1.807) is 0 Å². The van der Waals surface area contributed by atoms with Crippen molar-refractivity contribution >= 4 is 11.9 Å². The largest absolute Gasteiger partial charge is 0.480 e. The summed E-state index contributed by atoms with van der Waals surface area (Å²) < 4.78 is 0. The summed E-state index contributed by atoms with van der Waals surface area (Å²) in [6.45, 7) is 3.63. The van der Waals surface area contributed by atoms with Crippen LogP contribution in [0.5, 0.6) is 0 Å². The minimum atomic E-state index is -0.941. The summed E-state index contributed by atoms with van der Waals surface area (Å²) in [6, 6.07) is -0.761. The van der Waals surface area contributed by atoms with Crippen LogP contribution in [0.25, 0.3) is 0 Å². The van der Waals surface area contributed by atoms with E-state index in [1.807, 2.05) is 13.8 Å². The number of aliphatic carboxylic acids is 1. The number of nitrogens with one attached hydrogen (secondary N) is 1. The van der Waals surface area contributed by atoms with Gasteiger partial charge in [-0.05, 0) is 18.8 Å². The zero-order valence-electron chi connectivity index (χ0n) is 11.4. The van der Waals surface area contributed by atoms with Crippen LogP contribution < -0.4 is 5.32 Å². The number of hydrogen-bond acceptors (Lipinski definition) is 2. The van der Waals surface area contributed by atoms with Gasteiger partial charge >= 0.3 is 5.97 Å². The molecule has 1 fully saturated rings. The molecule has 0 heterocycles. The van der Waals surface area contributed by atoms with Crippen LogP contribution in [-0.4, -0.2) is 23.0 Å². The van der Waals surface area contributed by atoms with Crippen molar-refractivity contribution in [1.29, 1.82) is 0 Å². The van der Waals surface area contributed by atoms with Crippen LogP contribution in [0.15, 0.2) is 0 Å². The highest BCUT2D eigenvalue weighted by molar-refractivity contribution is 5.85. The van der Waals surface area contributed by atoms with Gasteiger partial charge in [0.15, 0.2) is 0 Å². The maximum atomic E-state index is 12.1. The molecule has 0 aromatic rings. The van der Waals surface area contributed by atoms with Gasteiger partial charge in [0.1, 0.15) is 6.04 Å². The highest BCUT2D eigenvalue weighted by Gasteiger charge is 2.27. The molecule has 2 N–H and O–H groups in total. The second-order valence-electron chi connectivity index (χ2n) is 5.61. The number of carboxylic acids is 1. The van der Waals surface area contributed by atoms with E-state index in [9.17, 15) is 9.59 Å². The van der Waals surface area contributed by atoms with Crippen LogP contribution in [0.4, 0.5) is 0 Å². The fraction of sp³-hybridized carbons (Fsp3) is 0.857. The molecular weight excluding hydrogens is 230 g/mol. The third-order valence-corrected chi connectivity index (χ3v) is 3.71. The predicted octanol–water partition coefficient (Wildman–Crippen LogP) is 2.57. The molecule has 1 amide bonds. The highest BCUT2D eigenvalue weighted by Crippen LogP contribution is 2.22. The zero-order valence-corrected chi connectivity index (χ0v) is 11.4. The van der Waals surface area contributed by atoms with Gasteiger partial charge in [-0.3, -0.25) is 4.79 Å². The average Bonchev–Trinajstić information content (AvgIpc) is 2.24. The molecule has 104 valence electrons. The molecule has 1 atom stereocenters. The molecule has 0 aromatic heterocycles. The van der Waals surface area contributed by atoms with Crippen molar-refractivity contribution in [2.75, 3.05) is 0 Å². The first-order chi connectivity index (χ1) is 8.52. The lowest BCUT2D eigenvalue weighted by Crippen LogP contribution is -2.46. The number of carbonyl (C=O) groups is 2. The Morgan fingerprint density at radius 3 is 2.00 bits per heavy atom. The molecule has 4 heteroatoms. The zero-order chi connectivity index (χ0) is 13.5. The third-order valence-electron chi connectivity index (χ3n) is 3.71. The van der Waals surface area contributed by atoms with Gasteiger partial charge in [0.05, 0.1) is 0 Å². The molecular formula is C14H25NO3. The minimum absolute atomic E-state index is 0.00546. The van der Waals surface area contributed by atoms with Gasteiger partial charge in [-0.2, -0.15) is 0 Å². The van der Waals surface area contributed by atoms with Gasteiger partial charge in [-0.25, -0.2) is 4.79 Å². The van der Waals surface area contributed by atoms with Crippen LogP contribution in [0.1, 0.15) is 58.8 Å². The first kappa shape index (κ1) is 15.0. The molecule has 4 nitrogen and oxygen atoms in total. The van der Waals surface area contributed by atoms with Crippen LogP contribution in [0, 0.1) is 11.8 Å². The number of rotatable bonds is 4. The average molecular weight is 255 g/mol. The molecule has 0 aliphatic heterocycles. The summed E-state index contributed by atoms with van der Waals surface area (Å²) >= 11 is 0. The fourth-order valence-electron chi connectivity index (χ4n) is 2.50. The first-order valence-electron chi connectivity index (χ1n) is 7.05. The van der Waals surface area contributed by atoms with Gasteiger partial charge < -0.3 is 10.4 Å². The second-order valence-corrected chi connectivity index (χ2v) is 5.61. The molecule has 1 unspecified atom stereocenters. The van der Waals surface area contributed by atoms with Gasteiger partial charge in [-0.1, -0.05) is 46.0 Å². The predicted molar refractivity (Wildman–Crippen MR) is 70.2 cm³/mol. The van der Waals surface area contributed by atoms with E-state index in [0.29, 0.717) is 0 Å². The SMILES string of the molecule is CC(C)C(NC(=O)C1CCCCCCC1)C(=O)O. The molecule has 1 aliphatic carbocycles. The lowest BCUT2D eigenvalue weighted by atomic mass is 9.90. The molecule has 0 spiro atoms. The topological polar surface area (TPSA) is 66.4 Å². The van der Waals surface area contributed by atoms with Gasteiger partial charge in [0.25, 0.3) is 0 Å². The maximum absolute atomic E-state index is 12.1. The second kappa shape index (κ2) is 7.39. The standard InChI is InChI=1S/C14H25NO3/c1-10(2)12(14(17)18)15-13(16)11-8-6-4-3-5-7-9-11/h10-12H,3-9H2,1-2H3,(H,15,16)(H,17,18). The quantitative estimate of drug-likeness (QED) is 0.811. The van der Waals surface area contributed by atoms with Gasteiger partial charge in [-0.15, -0.1) is 0 Å². The Balaban J connectivity index is 2.53. The Morgan fingerprint density at radius 1 is 1.06 bits per heavy atom. The number of carbonyl (C=O) groups excluding carboxylic acids is 1. The van der Waals surface area contributed by atoms with Crippen LogP contribution >= 0.6 is 0 Å². The Labute approximate surface area is 109 Å². The summed E-state index contributed by atoms with van der Waals surface area (Å²) in [7, 11) is 0. The van der Waals surface area contributed by atoms with Crippen molar-refractivity contribution < 1.29 is 14.7 Å². The Morgan fingerprint density at radius 2 is 1.56 bits per heavy atom. The van der Waals surface area contributed by atoms with Crippen molar-refractivity contribution in [3.05, 3.63) is 0 Å². The van der Waals surface area contributed by atoms with E-state index < -0.39 is 12.0 Å². The maximum Gasteiger partial charge on any atom is 0.326 e. The van der Waals surface area contributed by atoms with E-state index in [1.165, 1.54) is 19.3 Å². The summed E-state index contributed by atoms with van der Waals surface area (Å²) in [6.07, 6.45) is 7.60. The van der Waals surface area contributed by atoms with Crippen molar-refractivity contribution in [2.24, 2.45) is 11.8 Å². The smallest absolute Gasteiger partial charge is 0.326 e. The molecule has 0 bridgehead atoms. The summed E-state index contributed by atoms with van der Waals surface area (Å²) in [4.78, 5) is 23.2. The van der Waals surface area contributed by atoms with E-state index in [2.05, 4.69) is 5.32 Å². The molecule has 1 aliphatic rings. The van der Waals surface area contributed by atoms with Crippen LogP contribution in [0.2, 0.25) is 0 Å². The van der Waals surface area contributed by atoms with Crippen LogP contribution in [-0.2, 0) is 9.59 Å². The molecule has 1 rings (SSSR count). The number of carboxylic acid groups (broad SMARTS) is 1. The lowest BCUT2D eigenvalue weighted by molar-refractivity contribution is -0.143. The van der Waals surface area contributed by atoms with E-state index >= 15 is 0 Å². The summed E-state index contributed by atoms with van der Waals surface area (Å²) in [5.74, 6) is -1.09. The van der Waals surface area contributed by atoms with E-state index in [-0.39, 0.29) is 17.7 Å². The highest BCUT2D eigenvalue weighted by atomic mass is 16.4. The van der Waals surface area contributed by atoms with E-state index in [0.717, 1.165) is 25.7 Å². The minimum Gasteiger partial charge on any atom is -0.480 e. The Hall–Kier alpha value is -1.06. The monoisotopic (exact) mass is 255 g/mol. The molecule has 18 heavy (non-hydrogen) atoms. The van der Waals surface area contributed by atoms with Gasteiger partial charge in [0.2, 0.25) is 5.91 Å². The van der Waals surface area contributed by atoms with E-state index in [4.69, 9.17) is 5.11 Å². The Bertz CT molecular complexity index is 281. The third kappa shape index (κ3) is 4.67. The lowest BCUT2D eigenvalue weighted by Gasteiger charge is -2.23. The summed E-state index contributed by atoms with van der Waals surface area (Å²) in [5.41, 5.74) is 0. The summed E-state index contributed by atoms with van der Waals surface area (Å²) in [5, 5.41) is 11.8. The van der Waals surface area contributed by atoms with Crippen molar-refractivity contribution in [2.45, 2.75) is 64.8 Å². The molecule has 1 saturated carbocycles. The van der Waals surface area contributed by atoms with Gasteiger partial charge in [0, 0.05) is 5.92 Å². The first-order valence-corrected chi connectivity index (χ1v) is 7.05. The number of hydrogen-bond donors (Lipinski definition) is 2. The fourth-order valence-corrected chi connectivity index (χ4v) is 2.50. The van der Waals surface area contributed by atoms with Crippen LogP contribution in [0.3, 0.4) is 0 Å². The van der Waals surface area contributed by atoms with Crippen molar-refractivity contribution in [3.8, 4) is 0 Å². The van der Waals surface area contributed by atoms with Crippen molar-refractivity contribution in [1.82, 2.24) is 5.32 Å². The molecule has 0 aromatic carbocycles. The molecule has 0 saturated heterocycles. The normalized spacial score (nSPS) is 19.9. The van der Waals surface area contributed by atoms with Crippen molar-refractivity contribution in [3.63, 3.8) is 0 Å². The Kier molecular flexibility index (Phi) is 6.16. The number of amides is 1. The molecule has 0 radical (unpaired) electrons.